The van der Waals surface area contributed by atoms with Gasteiger partial charge in [-0.2, -0.15) is 5.26 Å². The monoisotopic (exact) mass is 299 g/mol. The summed E-state index contributed by atoms with van der Waals surface area (Å²) in [5.41, 5.74) is 1.95. The van der Waals surface area contributed by atoms with Crippen molar-refractivity contribution >= 4 is 18.4 Å². The number of anilines is 1. The van der Waals surface area contributed by atoms with Crippen molar-refractivity contribution < 1.29 is 9.59 Å². The van der Waals surface area contributed by atoms with Gasteiger partial charge < -0.3 is 15.0 Å². The van der Waals surface area contributed by atoms with Gasteiger partial charge in [-0.1, -0.05) is 12.1 Å². The summed E-state index contributed by atoms with van der Waals surface area (Å²) in [4.78, 5) is 23.2. The van der Waals surface area contributed by atoms with Crippen LogP contribution in [0.5, 0.6) is 0 Å². The highest BCUT2D eigenvalue weighted by Gasteiger charge is 2.44. The van der Waals surface area contributed by atoms with E-state index in [9.17, 15) is 14.9 Å². The number of hydrogen-bond acceptors (Lipinski definition) is 4. The summed E-state index contributed by atoms with van der Waals surface area (Å²) in [6, 6.07) is 10.1. The summed E-state index contributed by atoms with van der Waals surface area (Å²) >= 11 is 0. The Labute approximate surface area is 130 Å². The topological polar surface area (TPSA) is 73.2 Å². The van der Waals surface area contributed by atoms with Crippen LogP contribution >= 0.6 is 0 Å². The number of amides is 1. The van der Waals surface area contributed by atoms with E-state index in [1.807, 2.05) is 31.3 Å². The fourth-order valence-corrected chi connectivity index (χ4v) is 2.58. The van der Waals surface area contributed by atoms with E-state index in [0.717, 1.165) is 43.3 Å². The number of nitrogens with one attached hydrogen (secondary N) is 1. The number of benzene rings is 1. The van der Waals surface area contributed by atoms with Gasteiger partial charge in [-0.15, -0.1) is 0 Å². The maximum absolute atomic E-state index is 10.7. The third-order valence-electron chi connectivity index (χ3n) is 4.28. The van der Waals surface area contributed by atoms with Crippen molar-refractivity contribution in [2.75, 3.05) is 18.5 Å². The van der Waals surface area contributed by atoms with Crippen LogP contribution in [-0.2, 0) is 15.0 Å². The number of nitrogens with zero attached hydrogens (tertiary/aromatic N) is 2. The molecule has 0 radical (unpaired) electrons. The zero-order valence-corrected chi connectivity index (χ0v) is 12.8. The highest BCUT2D eigenvalue weighted by molar-refractivity contribution is 5.63. The SMILES string of the molecule is CN(CCCC(C=O)NC=O)c1ccc(C2(C#N)CC2)cc1. The number of carbonyl (C=O) groups is 2. The average Bonchev–Trinajstić information content (AvgIpc) is 3.35. The number of aldehydes is 1. The fourth-order valence-electron chi connectivity index (χ4n) is 2.58. The van der Waals surface area contributed by atoms with E-state index < -0.39 is 6.04 Å². The molecule has 1 aromatic carbocycles. The molecular formula is C17H21N3O2. The van der Waals surface area contributed by atoms with Crippen LogP contribution in [0.25, 0.3) is 0 Å². The summed E-state index contributed by atoms with van der Waals surface area (Å²) in [5, 5.41) is 11.7. The van der Waals surface area contributed by atoms with Crippen LogP contribution < -0.4 is 10.2 Å². The van der Waals surface area contributed by atoms with Gasteiger partial charge in [0.25, 0.3) is 0 Å². The Bertz CT molecular complexity index is 558. The third-order valence-corrected chi connectivity index (χ3v) is 4.28. The average molecular weight is 299 g/mol. The Morgan fingerprint density at radius 3 is 2.55 bits per heavy atom. The molecule has 1 fully saturated rings. The Morgan fingerprint density at radius 2 is 2.05 bits per heavy atom. The van der Waals surface area contributed by atoms with Crippen molar-refractivity contribution in [2.24, 2.45) is 0 Å². The van der Waals surface area contributed by atoms with Crippen molar-refractivity contribution in [1.82, 2.24) is 5.32 Å². The van der Waals surface area contributed by atoms with Crippen LogP contribution in [-0.4, -0.2) is 32.3 Å². The van der Waals surface area contributed by atoms with Gasteiger partial charge >= 0.3 is 0 Å². The lowest BCUT2D eigenvalue weighted by atomic mass is 9.97. The Kier molecular flexibility index (Phi) is 5.16. The molecule has 0 saturated heterocycles. The lowest BCUT2D eigenvalue weighted by molar-refractivity contribution is -0.115. The van der Waals surface area contributed by atoms with Crippen molar-refractivity contribution in [3.63, 3.8) is 0 Å². The largest absolute Gasteiger partial charge is 0.375 e. The minimum absolute atomic E-state index is 0.241. The van der Waals surface area contributed by atoms with Crippen LogP contribution in [0.2, 0.25) is 0 Å². The first-order valence-corrected chi connectivity index (χ1v) is 7.53. The van der Waals surface area contributed by atoms with Gasteiger partial charge in [-0.05, 0) is 43.4 Å². The molecule has 2 rings (SSSR count). The Balaban J connectivity index is 1.85. The van der Waals surface area contributed by atoms with Crippen molar-refractivity contribution in [3.8, 4) is 6.07 Å². The first-order valence-electron chi connectivity index (χ1n) is 7.53. The van der Waals surface area contributed by atoms with E-state index >= 15 is 0 Å². The molecular weight excluding hydrogens is 278 g/mol. The van der Waals surface area contributed by atoms with E-state index in [1.165, 1.54) is 0 Å². The molecule has 1 N–H and O–H groups in total. The summed E-state index contributed by atoms with van der Waals surface area (Å²) in [7, 11) is 2.00. The molecule has 116 valence electrons. The van der Waals surface area contributed by atoms with Crippen LogP contribution in [0.4, 0.5) is 5.69 Å². The first kappa shape index (κ1) is 16.0. The predicted molar refractivity (Wildman–Crippen MR) is 84.5 cm³/mol. The highest BCUT2D eigenvalue weighted by Crippen LogP contribution is 2.47. The van der Waals surface area contributed by atoms with E-state index in [4.69, 9.17) is 0 Å². The van der Waals surface area contributed by atoms with Crippen molar-refractivity contribution in [1.29, 1.82) is 5.26 Å². The van der Waals surface area contributed by atoms with Gasteiger partial charge in [0.2, 0.25) is 6.41 Å². The minimum Gasteiger partial charge on any atom is -0.375 e. The van der Waals surface area contributed by atoms with E-state index in [-0.39, 0.29) is 5.41 Å². The zero-order valence-electron chi connectivity index (χ0n) is 12.8. The first-order chi connectivity index (χ1) is 10.6. The zero-order chi connectivity index (χ0) is 16.0. The maximum Gasteiger partial charge on any atom is 0.207 e. The molecule has 1 unspecified atom stereocenters. The molecule has 1 atom stereocenters. The van der Waals surface area contributed by atoms with E-state index in [2.05, 4.69) is 16.3 Å². The van der Waals surface area contributed by atoms with Crippen molar-refractivity contribution in [3.05, 3.63) is 29.8 Å². The number of nitriles is 1. The smallest absolute Gasteiger partial charge is 0.207 e. The summed E-state index contributed by atoms with van der Waals surface area (Å²) in [6.07, 6.45) is 4.67. The second-order valence-electron chi connectivity index (χ2n) is 5.83. The Hall–Kier alpha value is -2.35. The van der Waals surface area contributed by atoms with Crippen LogP contribution in [0, 0.1) is 11.3 Å². The Morgan fingerprint density at radius 1 is 1.36 bits per heavy atom. The van der Waals surface area contributed by atoms with Gasteiger partial charge in [-0.3, -0.25) is 4.79 Å². The lowest BCUT2D eigenvalue weighted by Gasteiger charge is -2.20. The summed E-state index contributed by atoms with van der Waals surface area (Å²) in [5.74, 6) is 0. The second kappa shape index (κ2) is 7.08. The number of hydrogen-bond donors (Lipinski definition) is 1. The molecule has 1 aliphatic carbocycles. The molecule has 0 aliphatic heterocycles. The normalized spacial score (nSPS) is 16.2. The van der Waals surface area contributed by atoms with Crippen LogP contribution in [0.15, 0.2) is 24.3 Å². The molecule has 0 heterocycles. The lowest BCUT2D eigenvalue weighted by Crippen LogP contribution is -2.30. The van der Waals surface area contributed by atoms with Gasteiger partial charge in [0.05, 0.1) is 17.5 Å². The molecule has 0 bridgehead atoms. The molecule has 1 saturated carbocycles. The highest BCUT2D eigenvalue weighted by atomic mass is 16.1. The van der Waals surface area contributed by atoms with Gasteiger partial charge in [0, 0.05) is 19.3 Å². The number of carbonyl (C=O) groups excluding carboxylic acids is 2. The third kappa shape index (κ3) is 3.64. The van der Waals surface area contributed by atoms with E-state index in [0.29, 0.717) is 12.8 Å². The fraction of sp³-hybridized carbons (Fsp3) is 0.471. The van der Waals surface area contributed by atoms with Gasteiger partial charge in [-0.25, -0.2) is 0 Å². The summed E-state index contributed by atoms with van der Waals surface area (Å²) < 4.78 is 0. The van der Waals surface area contributed by atoms with Crippen molar-refractivity contribution in [2.45, 2.75) is 37.1 Å². The summed E-state index contributed by atoms with van der Waals surface area (Å²) in [6.45, 7) is 0.799. The predicted octanol–water partition coefficient (Wildman–Crippen LogP) is 1.77. The minimum atomic E-state index is -0.404. The quantitative estimate of drug-likeness (QED) is 0.705. The molecule has 5 heteroatoms. The molecule has 0 spiro atoms. The van der Waals surface area contributed by atoms with E-state index in [1.54, 1.807) is 0 Å². The molecule has 1 aliphatic rings. The van der Waals surface area contributed by atoms with Gasteiger partial charge in [0.15, 0.2) is 0 Å². The molecule has 1 amide bonds. The molecule has 22 heavy (non-hydrogen) atoms. The molecule has 0 aromatic heterocycles. The number of rotatable bonds is 9. The molecule has 1 aromatic rings. The van der Waals surface area contributed by atoms with Crippen LogP contribution in [0.3, 0.4) is 0 Å². The second-order valence-corrected chi connectivity index (χ2v) is 5.83. The standard InChI is InChI=1S/C17H21N3O2/c1-20(10-2-3-15(11-21)19-13-22)16-6-4-14(5-7-16)17(12-18)8-9-17/h4-7,11,13,15H,2-3,8-10H2,1H3,(H,19,22). The van der Waals surface area contributed by atoms with Crippen LogP contribution in [0.1, 0.15) is 31.2 Å². The van der Waals surface area contributed by atoms with Gasteiger partial charge in [0.1, 0.15) is 6.29 Å². The maximum atomic E-state index is 10.7. The molecule has 5 nitrogen and oxygen atoms in total.